The summed E-state index contributed by atoms with van der Waals surface area (Å²) in [7, 11) is 4.72. The third kappa shape index (κ3) is 4.27. The summed E-state index contributed by atoms with van der Waals surface area (Å²) >= 11 is 7.41. The molecule has 4 aromatic rings. The van der Waals surface area contributed by atoms with Gasteiger partial charge in [-0.25, -0.2) is 14.6 Å². The topological polar surface area (TPSA) is 103 Å². The van der Waals surface area contributed by atoms with Crippen molar-refractivity contribution in [2.75, 3.05) is 10.6 Å². The molecule has 2 heterocycles. The van der Waals surface area contributed by atoms with E-state index in [1.165, 1.54) is 23.4 Å². The Kier molecular flexibility index (Phi) is 6.05. The fraction of sp³-hybridized carbons (Fsp3) is 0.182. The van der Waals surface area contributed by atoms with Gasteiger partial charge in [0.15, 0.2) is 16.3 Å². The molecular weight excluding hydrogens is 464 g/mol. The lowest BCUT2D eigenvalue weighted by atomic mass is 10.2. The second-order valence-electron chi connectivity index (χ2n) is 7.47. The lowest BCUT2D eigenvalue weighted by molar-refractivity contribution is 0.262. The van der Waals surface area contributed by atoms with Gasteiger partial charge in [-0.1, -0.05) is 29.8 Å². The number of aromatic nitrogens is 4. The molecule has 0 spiro atoms. The molecule has 4 rings (SSSR count). The number of carbonyl (C=O) groups is 1. The Morgan fingerprint density at radius 1 is 1.00 bits per heavy atom. The van der Waals surface area contributed by atoms with Crippen LogP contribution in [0.15, 0.2) is 62.1 Å². The molecule has 11 heteroatoms. The average molecular weight is 485 g/mol. The zero-order valence-corrected chi connectivity index (χ0v) is 19.9. The second-order valence-corrected chi connectivity index (χ2v) is 8.89. The maximum atomic E-state index is 12.6. The summed E-state index contributed by atoms with van der Waals surface area (Å²) in [4.78, 5) is 42.7. The molecule has 2 aromatic heterocycles. The third-order valence-corrected chi connectivity index (χ3v) is 6.73. The molecule has 0 unspecified atom stereocenters. The lowest BCUT2D eigenvalue weighted by Crippen LogP contribution is -2.37. The average Bonchev–Trinajstić information content (AvgIpc) is 3.11. The Morgan fingerprint density at radius 2 is 1.73 bits per heavy atom. The largest absolute Gasteiger partial charge is 0.332 e. The maximum absolute atomic E-state index is 12.6. The summed E-state index contributed by atoms with van der Waals surface area (Å²) in [5.74, 6) is 0. The predicted molar refractivity (Wildman–Crippen MR) is 131 cm³/mol. The number of hydrogen-bond acceptors (Lipinski definition) is 5. The molecule has 0 saturated carbocycles. The number of urea groups is 1. The minimum atomic E-state index is -0.447. The Morgan fingerprint density at radius 3 is 2.45 bits per heavy atom. The van der Waals surface area contributed by atoms with Gasteiger partial charge in [0.05, 0.1) is 5.69 Å². The standard InChI is InChI=1S/C22H21ClN6O3S/c1-12-9-10-13(11-14(12)23)24-20(31)25-15-7-5-6-8-16(15)33-21-26-18-17(27(21)2)19(30)29(4)22(32)28(18)3/h5-11H,1-4H3,(H2,24,25,31). The Balaban J connectivity index is 1.63. The number of nitrogens with zero attached hydrogens (tertiary/aromatic N) is 4. The zero-order chi connectivity index (χ0) is 23.9. The first kappa shape index (κ1) is 22.7. The van der Waals surface area contributed by atoms with Gasteiger partial charge in [0.1, 0.15) is 0 Å². The van der Waals surface area contributed by atoms with E-state index in [0.29, 0.717) is 32.7 Å². The molecule has 0 bridgehead atoms. The number of para-hydroxylation sites is 1. The first-order valence-electron chi connectivity index (χ1n) is 9.91. The molecule has 2 N–H and O–H groups in total. The summed E-state index contributed by atoms with van der Waals surface area (Å²) in [6.45, 7) is 1.88. The lowest BCUT2D eigenvalue weighted by Gasteiger charge is -2.12. The fourth-order valence-electron chi connectivity index (χ4n) is 3.30. The fourth-order valence-corrected chi connectivity index (χ4v) is 4.42. The summed E-state index contributed by atoms with van der Waals surface area (Å²) in [5, 5.41) is 6.66. The highest BCUT2D eigenvalue weighted by atomic mass is 35.5. The van der Waals surface area contributed by atoms with Crippen molar-refractivity contribution < 1.29 is 4.79 Å². The monoisotopic (exact) mass is 484 g/mol. The normalized spacial score (nSPS) is 11.1. The second kappa shape index (κ2) is 8.80. The van der Waals surface area contributed by atoms with Gasteiger partial charge in [0.2, 0.25) is 0 Å². The molecule has 0 aliphatic heterocycles. The molecule has 0 aliphatic rings. The van der Waals surface area contributed by atoms with Gasteiger partial charge < -0.3 is 15.2 Å². The molecule has 0 atom stereocenters. The maximum Gasteiger partial charge on any atom is 0.332 e. The molecule has 0 saturated heterocycles. The van der Waals surface area contributed by atoms with Crippen molar-refractivity contribution in [2.24, 2.45) is 21.1 Å². The highest BCUT2D eigenvalue weighted by Gasteiger charge is 2.19. The van der Waals surface area contributed by atoms with Crippen molar-refractivity contribution in [3.63, 3.8) is 0 Å². The zero-order valence-electron chi connectivity index (χ0n) is 18.3. The van der Waals surface area contributed by atoms with Crippen molar-refractivity contribution in [2.45, 2.75) is 17.0 Å². The minimum absolute atomic E-state index is 0.299. The van der Waals surface area contributed by atoms with Crippen LogP contribution < -0.4 is 21.9 Å². The van der Waals surface area contributed by atoms with E-state index in [1.807, 2.05) is 25.1 Å². The van der Waals surface area contributed by atoms with Crippen LogP contribution in [0.5, 0.6) is 0 Å². The first-order valence-corrected chi connectivity index (χ1v) is 11.1. The van der Waals surface area contributed by atoms with Crippen LogP contribution in [-0.2, 0) is 21.1 Å². The van der Waals surface area contributed by atoms with Crippen LogP contribution in [0.2, 0.25) is 5.02 Å². The Bertz CT molecular complexity index is 1520. The molecular formula is C22H21ClN6O3S. The molecule has 2 amide bonds. The van der Waals surface area contributed by atoms with E-state index in [4.69, 9.17) is 11.6 Å². The van der Waals surface area contributed by atoms with Crippen molar-refractivity contribution in [1.82, 2.24) is 18.7 Å². The van der Waals surface area contributed by atoms with Gasteiger partial charge in [-0.15, -0.1) is 0 Å². The number of aryl methyl sites for hydroxylation is 3. The molecule has 0 aliphatic carbocycles. The smallest absolute Gasteiger partial charge is 0.316 e. The van der Waals surface area contributed by atoms with Gasteiger partial charge in [-0.3, -0.25) is 13.9 Å². The summed E-state index contributed by atoms with van der Waals surface area (Å²) in [6, 6.07) is 12.1. The highest BCUT2D eigenvalue weighted by Crippen LogP contribution is 2.33. The number of rotatable bonds is 4. The van der Waals surface area contributed by atoms with E-state index >= 15 is 0 Å². The van der Waals surface area contributed by atoms with Gasteiger partial charge in [0.25, 0.3) is 5.56 Å². The van der Waals surface area contributed by atoms with Crippen molar-refractivity contribution >= 4 is 51.9 Å². The number of halogens is 1. The quantitative estimate of drug-likeness (QED) is 0.459. The van der Waals surface area contributed by atoms with Gasteiger partial charge in [0, 0.05) is 36.7 Å². The number of benzene rings is 2. The van der Waals surface area contributed by atoms with Crippen LogP contribution >= 0.6 is 23.4 Å². The first-order chi connectivity index (χ1) is 15.7. The summed E-state index contributed by atoms with van der Waals surface area (Å²) in [6.07, 6.45) is 0. The number of anilines is 2. The predicted octanol–water partition coefficient (Wildman–Crippen LogP) is 3.73. The summed E-state index contributed by atoms with van der Waals surface area (Å²) < 4.78 is 4.04. The number of amides is 2. The number of nitrogens with one attached hydrogen (secondary N) is 2. The number of imidazole rings is 1. The number of carbonyl (C=O) groups excluding carboxylic acids is 1. The molecule has 33 heavy (non-hydrogen) atoms. The van der Waals surface area contributed by atoms with E-state index in [1.54, 1.807) is 42.9 Å². The van der Waals surface area contributed by atoms with E-state index < -0.39 is 17.3 Å². The molecule has 0 radical (unpaired) electrons. The van der Waals surface area contributed by atoms with Crippen LogP contribution in [0, 0.1) is 6.92 Å². The third-order valence-electron chi connectivity index (χ3n) is 5.20. The minimum Gasteiger partial charge on any atom is -0.316 e. The highest BCUT2D eigenvalue weighted by molar-refractivity contribution is 7.99. The SMILES string of the molecule is Cc1ccc(NC(=O)Nc2ccccc2Sc2nc3c(c(=O)n(C)c(=O)n3C)n2C)cc1Cl. The Hall–Kier alpha value is -3.50. The molecule has 9 nitrogen and oxygen atoms in total. The summed E-state index contributed by atoms with van der Waals surface area (Å²) in [5.41, 5.74) is 1.80. The van der Waals surface area contributed by atoms with Crippen molar-refractivity contribution in [3.05, 3.63) is 73.9 Å². The van der Waals surface area contributed by atoms with Crippen LogP contribution in [0.4, 0.5) is 16.2 Å². The van der Waals surface area contributed by atoms with Gasteiger partial charge in [-0.2, -0.15) is 0 Å². The van der Waals surface area contributed by atoms with E-state index in [0.717, 1.165) is 15.0 Å². The van der Waals surface area contributed by atoms with Gasteiger partial charge >= 0.3 is 11.7 Å². The van der Waals surface area contributed by atoms with Crippen molar-refractivity contribution in [1.29, 1.82) is 0 Å². The number of fused-ring (bicyclic) bond motifs is 1. The van der Waals surface area contributed by atoms with E-state index in [9.17, 15) is 14.4 Å². The number of hydrogen-bond donors (Lipinski definition) is 2. The van der Waals surface area contributed by atoms with E-state index in [-0.39, 0.29) is 0 Å². The molecule has 2 aromatic carbocycles. The molecule has 0 fully saturated rings. The van der Waals surface area contributed by atoms with Crippen molar-refractivity contribution in [3.8, 4) is 0 Å². The van der Waals surface area contributed by atoms with Crippen LogP contribution in [0.1, 0.15) is 5.56 Å². The van der Waals surface area contributed by atoms with Crippen LogP contribution in [0.3, 0.4) is 0 Å². The molecule has 170 valence electrons. The Labute approximate surface area is 198 Å². The van der Waals surface area contributed by atoms with Crippen LogP contribution in [-0.4, -0.2) is 24.7 Å². The van der Waals surface area contributed by atoms with Crippen LogP contribution in [0.25, 0.3) is 11.2 Å². The van der Waals surface area contributed by atoms with Gasteiger partial charge in [-0.05, 0) is 48.5 Å². The van der Waals surface area contributed by atoms with E-state index in [2.05, 4.69) is 15.6 Å².